The first-order chi connectivity index (χ1) is 9.61. The van der Waals surface area contributed by atoms with Crippen LogP contribution in [0.3, 0.4) is 0 Å². The third-order valence-corrected chi connectivity index (χ3v) is 3.96. The second-order valence-corrected chi connectivity index (χ2v) is 5.74. The van der Waals surface area contributed by atoms with Crippen molar-refractivity contribution in [3.63, 3.8) is 0 Å². The molecule has 1 amide bonds. The molecule has 1 aromatic rings. The van der Waals surface area contributed by atoms with Crippen LogP contribution in [0.15, 0.2) is 4.52 Å². The number of aromatic nitrogens is 2. The number of carbonyl (C=O) groups is 1. The molecule has 0 saturated carbocycles. The van der Waals surface area contributed by atoms with Gasteiger partial charge in [-0.15, -0.1) is 0 Å². The van der Waals surface area contributed by atoms with Crippen LogP contribution in [-0.4, -0.2) is 51.3 Å². The van der Waals surface area contributed by atoms with Gasteiger partial charge in [0.05, 0.1) is 24.7 Å². The minimum absolute atomic E-state index is 0.0671. The predicted octanol–water partition coefficient (Wildman–Crippen LogP) is 0.481. The summed E-state index contributed by atoms with van der Waals surface area (Å²) in [6.45, 7) is 3.66. The van der Waals surface area contributed by atoms with Crippen LogP contribution >= 0.6 is 0 Å². The number of carbonyl (C=O) groups excluding carboxylic acids is 1. The fourth-order valence-corrected chi connectivity index (χ4v) is 2.93. The predicted molar refractivity (Wildman–Crippen MR) is 70.0 cm³/mol. The van der Waals surface area contributed by atoms with E-state index in [-0.39, 0.29) is 17.8 Å². The van der Waals surface area contributed by atoms with Crippen molar-refractivity contribution >= 4 is 5.91 Å². The number of nitrogens with zero attached hydrogens (tertiary/aromatic N) is 3. The molecule has 2 saturated heterocycles. The maximum atomic E-state index is 12.2. The summed E-state index contributed by atoms with van der Waals surface area (Å²) in [7, 11) is 0. The summed E-state index contributed by atoms with van der Waals surface area (Å²) in [6.07, 6.45) is 3.64. The molecule has 1 atom stereocenters. The van der Waals surface area contributed by atoms with E-state index in [9.17, 15) is 9.90 Å². The Kier molecular flexibility index (Phi) is 3.47. The Labute approximate surface area is 117 Å². The normalized spacial score (nSPS) is 24.7. The standard InChI is InChI=1S/C13H20N4O3/c1-2-5-13(19)7-17(8-13)12(18)10-15-11(20-16-10)9-4-3-6-14-9/h9,14,19H,2-8H2,1H3. The van der Waals surface area contributed by atoms with Gasteiger partial charge in [0.25, 0.3) is 11.7 Å². The van der Waals surface area contributed by atoms with Crippen molar-refractivity contribution in [3.05, 3.63) is 11.7 Å². The highest BCUT2D eigenvalue weighted by Crippen LogP contribution is 2.27. The van der Waals surface area contributed by atoms with Gasteiger partial charge in [-0.25, -0.2) is 0 Å². The highest BCUT2D eigenvalue weighted by Gasteiger charge is 2.44. The second-order valence-electron chi connectivity index (χ2n) is 5.74. The molecule has 2 N–H and O–H groups in total. The Morgan fingerprint density at radius 1 is 1.60 bits per heavy atom. The van der Waals surface area contributed by atoms with E-state index in [1.165, 1.54) is 0 Å². The van der Waals surface area contributed by atoms with Crippen molar-refractivity contribution in [2.75, 3.05) is 19.6 Å². The van der Waals surface area contributed by atoms with Crippen molar-refractivity contribution in [1.82, 2.24) is 20.4 Å². The first-order valence-electron chi connectivity index (χ1n) is 7.20. The lowest BCUT2D eigenvalue weighted by Gasteiger charge is -2.45. The molecular weight excluding hydrogens is 260 g/mol. The smallest absolute Gasteiger partial charge is 0.295 e. The Morgan fingerprint density at radius 2 is 2.40 bits per heavy atom. The van der Waals surface area contributed by atoms with E-state index in [0.29, 0.717) is 25.4 Å². The van der Waals surface area contributed by atoms with Crippen LogP contribution in [0.2, 0.25) is 0 Å². The average Bonchev–Trinajstić information content (AvgIpc) is 3.05. The third-order valence-electron chi connectivity index (χ3n) is 3.96. The molecule has 0 aliphatic carbocycles. The van der Waals surface area contributed by atoms with Gasteiger partial charge >= 0.3 is 0 Å². The lowest BCUT2D eigenvalue weighted by Crippen LogP contribution is -2.63. The molecule has 2 aliphatic rings. The third kappa shape index (κ3) is 2.43. The Morgan fingerprint density at radius 3 is 3.05 bits per heavy atom. The Hall–Kier alpha value is -1.47. The minimum Gasteiger partial charge on any atom is -0.386 e. The van der Waals surface area contributed by atoms with Crippen LogP contribution in [-0.2, 0) is 0 Å². The number of aliphatic hydroxyl groups is 1. The number of likely N-dealkylation sites (tertiary alicyclic amines) is 1. The van der Waals surface area contributed by atoms with E-state index in [1.54, 1.807) is 4.90 Å². The van der Waals surface area contributed by atoms with Gasteiger partial charge in [-0.2, -0.15) is 4.98 Å². The van der Waals surface area contributed by atoms with Gasteiger partial charge in [0.2, 0.25) is 5.89 Å². The van der Waals surface area contributed by atoms with E-state index in [2.05, 4.69) is 15.5 Å². The molecule has 7 nitrogen and oxygen atoms in total. The monoisotopic (exact) mass is 280 g/mol. The van der Waals surface area contributed by atoms with Crippen molar-refractivity contribution in [2.45, 2.75) is 44.2 Å². The summed E-state index contributed by atoms with van der Waals surface area (Å²) in [5.74, 6) is 0.307. The Balaban J connectivity index is 1.61. The summed E-state index contributed by atoms with van der Waals surface area (Å²) >= 11 is 0. The van der Waals surface area contributed by atoms with Crippen molar-refractivity contribution in [3.8, 4) is 0 Å². The van der Waals surface area contributed by atoms with E-state index in [1.807, 2.05) is 6.92 Å². The Bertz CT molecular complexity index is 490. The van der Waals surface area contributed by atoms with Crippen molar-refractivity contribution in [1.29, 1.82) is 0 Å². The molecule has 3 heterocycles. The number of β-amino-alcohol motifs (C(OH)–C–C–N with tert-alkyl or cyclic N) is 1. The van der Waals surface area contributed by atoms with Crippen LogP contribution in [0.5, 0.6) is 0 Å². The fourth-order valence-electron chi connectivity index (χ4n) is 2.93. The van der Waals surface area contributed by atoms with Gasteiger partial charge in [0, 0.05) is 0 Å². The van der Waals surface area contributed by atoms with E-state index < -0.39 is 5.60 Å². The minimum atomic E-state index is -0.732. The average molecular weight is 280 g/mol. The first-order valence-corrected chi connectivity index (χ1v) is 7.20. The number of hydrogen-bond acceptors (Lipinski definition) is 6. The molecular formula is C13H20N4O3. The van der Waals surface area contributed by atoms with E-state index in [0.717, 1.165) is 25.8 Å². The molecule has 2 aliphatic heterocycles. The van der Waals surface area contributed by atoms with Gasteiger partial charge in [-0.3, -0.25) is 4.79 Å². The largest absolute Gasteiger partial charge is 0.386 e. The molecule has 110 valence electrons. The second kappa shape index (κ2) is 5.14. The summed E-state index contributed by atoms with van der Waals surface area (Å²) in [5.41, 5.74) is -0.732. The lowest BCUT2D eigenvalue weighted by atomic mass is 9.89. The zero-order valence-corrected chi connectivity index (χ0v) is 11.6. The number of hydrogen-bond donors (Lipinski definition) is 2. The molecule has 7 heteroatoms. The quantitative estimate of drug-likeness (QED) is 0.833. The number of amides is 1. The molecule has 0 spiro atoms. The van der Waals surface area contributed by atoms with Crippen molar-refractivity contribution in [2.24, 2.45) is 0 Å². The van der Waals surface area contributed by atoms with Crippen LogP contribution < -0.4 is 5.32 Å². The molecule has 3 rings (SSSR count). The molecule has 0 radical (unpaired) electrons. The molecule has 20 heavy (non-hydrogen) atoms. The summed E-state index contributed by atoms with van der Waals surface area (Å²) in [6, 6.07) is 0.0671. The summed E-state index contributed by atoms with van der Waals surface area (Å²) < 4.78 is 5.15. The SMILES string of the molecule is CCCC1(O)CN(C(=O)c2noc(C3CCCN3)n2)C1. The highest BCUT2D eigenvalue weighted by atomic mass is 16.5. The zero-order chi connectivity index (χ0) is 14.2. The molecule has 0 aromatic carbocycles. The van der Waals surface area contributed by atoms with Crippen molar-refractivity contribution < 1.29 is 14.4 Å². The zero-order valence-electron chi connectivity index (χ0n) is 11.6. The van der Waals surface area contributed by atoms with Gasteiger partial charge < -0.3 is 19.8 Å². The molecule has 1 aromatic heterocycles. The molecule has 1 unspecified atom stereocenters. The highest BCUT2D eigenvalue weighted by molar-refractivity contribution is 5.91. The number of rotatable bonds is 4. The van der Waals surface area contributed by atoms with E-state index >= 15 is 0 Å². The molecule has 2 fully saturated rings. The topological polar surface area (TPSA) is 91.5 Å². The van der Waals surface area contributed by atoms with Gasteiger partial charge in [0.1, 0.15) is 0 Å². The van der Waals surface area contributed by atoms with Crippen LogP contribution in [0.4, 0.5) is 0 Å². The van der Waals surface area contributed by atoms with Gasteiger partial charge in [0.15, 0.2) is 0 Å². The maximum absolute atomic E-state index is 12.2. The lowest BCUT2D eigenvalue weighted by molar-refractivity contribution is -0.0864. The summed E-state index contributed by atoms with van der Waals surface area (Å²) in [4.78, 5) is 17.9. The van der Waals surface area contributed by atoms with E-state index in [4.69, 9.17) is 4.52 Å². The molecule has 0 bridgehead atoms. The van der Waals surface area contributed by atoms with Crippen LogP contribution in [0, 0.1) is 0 Å². The van der Waals surface area contributed by atoms with Crippen LogP contribution in [0.1, 0.15) is 55.2 Å². The summed E-state index contributed by atoms with van der Waals surface area (Å²) in [5, 5.41) is 17.1. The van der Waals surface area contributed by atoms with Crippen LogP contribution in [0.25, 0.3) is 0 Å². The first kappa shape index (κ1) is 13.5. The van der Waals surface area contributed by atoms with Gasteiger partial charge in [-0.1, -0.05) is 18.5 Å². The fraction of sp³-hybridized carbons (Fsp3) is 0.769. The van der Waals surface area contributed by atoms with Gasteiger partial charge in [-0.05, 0) is 25.8 Å². The maximum Gasteiger partial charge on any atom is 0.295 e. The number of nitrogens with one attached hydrogen (secondary N) is 1.